The van der Waals surface area contributed by atoms with E-state index < -0.39 is 0 Å². The normalized spacial score (nSPS) is 8.00. The van der Waals surface area contributed by atoms with Crippen LogP contribution in [0.15, 0.2) is 24.3 Å². The van der Waals surface area contributed by atoms with Gasteiger partial charge in [-0.1, -0.05) is 5.65 Å². The van der Waals surface area contributed by atoms with Gasteiger partial charge in [0.05, 0.1) is 17.3 Å². The lowest BCUT2D eigenvalue weighted by Gasteiger charge is -1.99. The summed E-state index contributed by atoms with van der Waals surface area (Å²) in [5.74, 6) is 0. The van der Waals surface area contributed by atoms with E-state index in [-0.39, 0.29) is 12.4 Å². The van der Waals surface area contributed by atoms with E-state index in [0.717, 1.165) is 0 Å². The number of benzene rings is 1. The first-order valence-electron chi connectivity index (χ1n) is 2.98. The average Bonchev–Trinajstić information content (AvgIpc) is 2.07. The summed E-state index contributed by atoms with van der Waals surface area (Å²) >= 11 is 0. The Bertz CT molecular complexity index is 267. The monoisotopic (exact) mass is 187 g/mol. The van der Waals surface area contributed by atoms with Crippen LogP contribution in [0.3, 0.4) is 0 Å². The van der Waals surface area contributed by atoms with Gasteiger partial charge in [0.15, 0.2) is 0 Å². The highest BCUT2D eigenvalue weighted by molar-refractivity contribution is 5.85. The van der Waals surface area contributed by atoms with E-state index in [9.17, 15) is 4.48 Å². The Balaban J connectivity index is 0.00000121. The first-order chi connectivity index (χ1) is 5.36. The van der Waals surface area contributed by atoms with Crippen LogP contribution in [0, 0.1) is 11.3 Å². The minimum Gasteiger partial charge on any atom is -0.295 e. The van der Waals surface area contributed by atoms with Gasteiger partial charge >= 0.3 is 0 Å². The first kappa shape index (κ1) is 10.7. The molecule has 0 spiro atoms. The van der Waals surface area contributed by atoms with Gasteiger partial charge in [0.1, 0.15) is 0 Å². The van der Waals surface area contributed by atoms with Crippen LogP contribution in [0.2, 0.25) is 0 Å². The van der Waals surface area contributed by atoms with Crippen LogP contribution >= 0.6 is 12.4 Å². The smallest absolute Gasteiger partial charge is 0.0991 e. The molecular weight excluding hydrogens is 181 g/mol. The number of anilines is 1. The Labute approximate surface area is 75.5 Å². The minimum atomic E-state index is 0. The molecule has 3 nitrogen and oxygen atoms in total. The zero-order valence-electron chi connectivity index (χ0n) is 6.04. The van der Waals surface area contributed by atoms with Crippen molar-refractivity contribution in [3.8, 4) is 6.07 Å². The molecule has 0 atom stereocenters. The third-order valence-corrected chi connectivity index (χ3v) is 1.21. The molecular formula is C7H7ClFN3. The lowest BCUT2D eigenvalue weighted by Crippen LogP contribution is -2.09. The Morgan fingerprint density at radius 3 is 2.25 bits per heavy atom. The van der Waals surface area contributed by atoms with Crippen molar-refractivity contribution in [2.45, 2.75) is 0 Å². The van der Waals surface area contributed by atoms with E-state index in [2.05, 4.69) is 5.43 Å². The predicted octanol–water partition coefficient (Wildman–Crippen LogP) is 1.78. The van der Waals surface area contributed by atoms with Crippen molar-refractivity contribution in [2.24, 2.45) is 0 Å². The molecule has 0 amide bonds. The summed E-state index contributed by atoms with van der Waals surface area (Å²) in [4.78, 5) is 0. The highest BCUT2D eigenvalue weighted by Crippen LogP contribution is 2.06. The van der Waals surface area contributed by atoms with E-state index in [1.807, 2.05) is 6.07 Å². The molecule has 0 aliphatic carbocycles. The van der Waals surface area contributed by atoms with Gasteiger partial charge in [-0.2, -0.15) is 5.26 Å². The standard InChI is InChI=1S/C7H6FN3.ClH/c8-11-10-7-3-1-6(5-9)2-4-7;/h1-4,10-11H;1H. The van der Waals surface area contributed by atoms with Gasteiger partial charge < -0.3 is 0 Å². The molecule has 2 N–H and O–H groups in total. The molecule has 0 bridgehead atoms. The molecule has 1 aromatic carbocycles. The summed E-state index contributed by atoms with van der Waals surface area (Å²) in [5.41, 5.74) is 4.65. The highest BCUT2D eigenvalue weighted by Gasteiger charge is 1.90. The number of rotatable bonds is 2. The fourth-order valence-electron chi connectivity index (χ4n) is 0.683. The van der Waals surface area contributed by atoms with Crippen molar-refractivity contribution in [2.75, 3.05) is 5.43 Å². The number of hydrogen-bond donors (Lipinski definition) is 2. The third-order valence-electron chi connectivity index (χ3n) is 1.21. The second kappa shape index (κ2) is 5.35. The fraction of sp³-hybridized carbons (Fsp3) is 0. The Kier molecular flexibility index (Phi) is 4.77. The van der Waals surface area contributed by atoms with Crippen LogP contribution in [-0.4, -0.2) is 0 Å². The van der Waals surface area contributed by atoms with E-state index >= 15 is 0 Å². The summed E-state index contributed by atoms with van der Waals surface area (Å²) in [5, 5.41) is 8.40. The van der Waals surface area contributed by atoms with Crippen molar-refractivity contribution in [1.82, 2.24) is 5.65 Å². The summed E-state index contributed by atoms with van der Waals surface area (Å²) in [7, 11) is 0. The lowest BCUT2D eigenvalue weighted by atomic mass is 10.2. The maximum absolute atomic E-state index is 11.4. The zero-order valence-corrected chi connectivity index (χ0v) is 6.86. The van der Waals surface area contributed by atoms with Gasteiger partial charge in [0, 0.05) is 0 Å². The van der Waals surface area contributed by atoms with Crippen LogP contribution < -0.4 is 11.1 Å². The van der Waals surface area contributed by atoms with Crippen molar-refractivity contribution >= 4 is 18.1 Å². The number of nitrogens with zero attached hydrogens (tertiary/aromatic N) is 1. The zero-order chi connectivity index (χ0) is 8.10. The third kappa shape index (κ3) is 2.74. The average molecular weight is 188 g/mol. The minimum absolute atomic E-state index is 0. The van der Waals surface area contributed by atoms with Gasteiger partial charge in [0.25, 0.3) is 0 Å². The molecule has 0 saturated heterocycles. The van der Waals surface area contributed by atoms with Crippen molar-refractivity contribution in [3.05, 3.63) is 29.8 Å². The molecule has 0 saturated carbocycles. The van der Waals surface area contributed by atoms with Gasteiger partial charge in [-0.3, -0.25) is 5.43 Å². The van der Waals surface area contributed by atoms with Gasteiger partial charge in [0.2, 0.25) is 0 Å². The molecule has 0 aliphatic heterocycles. The highest BCUT2D eigenvalue weighted by atomic mass is 35.5. The van der Waals surface area contributed by atoms with Gasteiger partial charge in [-0.15, -0.1) is 16.9 Å². The Hall–Kier alpha value is -1.31. The Morgan fingerprint density at radius 2 is 1.83 bits per heavy atom. The quantitative estimate of drug-likeness (QED) is 0.548. The van der Waals surface area contributed by atoms with Crippen molar-refractivity contribution < 1.29 is 4.48 Å². The molecule has 0 heterocycles. The predicted molar refractivity (Wildman–Crippen MR) is 46.3 cm³/mol. The van der Waals surface area contributed by atoms with Crippen LogP contribution in [0.1, 0.15) is 5.56 Å². The SMILES string of the molecule is Cl.N#Cc1ccc(NNF)cc1. The number of nitrogens with one attached hydrogen (secondary N) is 2. The molecule has 0 aromatic heterocycles. The van der Waals surface area contributed by atoms with Crippen LogP contribution in [0.4, 0.5) is 10.2 Å². The van der Waals surface area contributed by atoms with Crippen LogP contribution in [0.25, 0.3) is 0 Å². The number of hydrogen-bond acceptors (Lipinski definition) is 3. The molecule has 0 radical (unpaired) electrons. The van der Waals surface area contributed by atoms with Gasteiger partial charge in [-0.05, 0) is 24.3 Å². The lowest BCUT2D eigenvalue weighted by molar-refractivity contribution is 0.376. The second-order valence-electron chi connectivity index (χ2n) is 1.91. The number of nitriles is 1. The summed E-state index contributed by atoms with van der Waals surface area (Å²) in [6.45, 7) is 0. The molecule has 0 aliphatic rings. The summed E-state index contributed by atoms with van der Waals surface area (Å²) < 4.78 is 11.4. The number of halogens is 2. The van der Waals surface area contributed by atoms with Crippen molar-refractivity contribution in [1.29, 1.82) is 5.26 Å². The first-order valence-corrected chi connectivity index (χ1v) is 2.98. The van der Waals surface area contributed by atoms with E-state index in [1.54, 1.807) is 24.3 Å². The van der Waals surface area contributed by atoms with Crippen LogP contribution in [0.5, 0.6) is 0 Å². The van der Waals surface area contributed by atoms with Crippen LogP contribution in [-0.2, 0) is 0 Å². The summed E-state index contributed by atoms with van der Waals surface area (Å²) in [6, 6.07) is 8.35. The fourth-order valence-corrected chi connectivity index (χ4v) is 0.683. The van der Waals surface area contributed by atoms with Crippen molar-refractivity contribution in [3.63, 3.8) is 0 Å². The maximum atomic E-state index is 11.4. The number of hydrazine groups is 1. The molecule has 5 heteroatoms. The van der Waals surface area contributed by atoms with E-state index in [1.165, 1.54) is 5.65 Å². The van der Waals surface area contributed by atoms with Gasteiger partial charge in [-0.25, -0.2) is 0 Å². The maximum Gasteiger partial charge on any atom is 0.0991 e. The Morgan fingerprint density at radius 1 is 1.25 bits per heavy atom. The van der Waals surface area contributed by atoms with E-state index in [0.29, 0.717) is 11.3 Å². The molecule has 0 unspecified atom stereocenters. The van der Waals surface area contributed by atoms with E-state index in [4.69, 9.17) is 5.26 Å². The molecule has 12 heavy (non-hydrogen) atoms. The second-order valence-corrected chi connectivity index (χ2v) is 1.91. The molecule has 0 fully saturated rings. The molecule has 1 rings (SSSR count). The largest absolute Gasteiger partial charge is 0.295 e. The topological polar surface area (TPSA) is 47.9 Å². The summed E-state index contributed by atoms with van der Waals surface area (Å²) in [6.07, 6.45) is 0. The molecule has 64 valence electrons. The molecule has 1 aromatic rings.